The second kappa shape index (κ2) is 4.36. The Morgan fingerprint density at radius 2 is 1.88 bits per heavy atom. The van der Waals surface area contributed by atoms with Crippen LogP contribution in [-0.2, 0) is 0 Å². The van der Waals surface area contributed by atoms with Crippen molar-refractivity contribution in [3.05, 3.63) is 29.6 Å². The Balaban J connectivity index is 2.13. The molecule has 1 saturated carbocycles. The van der Waals surface area contributed by atoms with E-state index >= 15 is 0 Å². The summed E-state index contributed by atoms with van der Waals surface area (Å²) in [5.74, 6) is -3.08. The van der Waals surface area contributed by atoms with E-state index in [0.717, 1.165) is 25.3 Å². The van der Waals surface area contributed by atoms with Crippen molar-refractivity contribution in [3.63, 3.8) is 0 Å². The van der Waals surface area contributed by atoms with E-state index < -0.39 is 17.5 Å². The third-order valence-corrected chi connectivity index (χ3v) is 3.09. The molecular formula is C12H14F3N. The zero-order valence-electron chi connectivity index (χ0n) is 9.06. The Bertz CT molecular complexity index is 392. The molecule has 0 aliphatic heterocycles. The molecular weight excluding hydrogens is 215 g/mol. The van der Waals surface area contributed by atoms with Crippen molar-refractivity contribution in [1.82, 2.24) is 0 Å². The monoisotopic (exact) mass is 229 g/mol. The van der Waals surface area contributed by atoms with Gasteiger partial charge in [-0.1, -0.05) is 6.92 Å². The lowest BCUT2D eigenvalue weighted by molar-refractivity contribution is 0.448. The molecule has 2 atom stereocenters. The van der Waals surface area contributed by atoms with Gasteiger partial charge in [-0.2, -0.15) is 0 Å². The lowest BCUT2D eigenvalue weighted by Crippen LogP contribution is -2.16. The Hall–Kier alpha value is -1.19. The maximum absolute atomic E-state index is 13.3. The van der Waals surface area contributed by atoms with Crippen LogP contribution in [0.25, 0.3) is 0 Å². The molecule has 1 aliphatic carbocycles. The van der Waals surface area contributed by atoms with Crippen molar-refractivity contribution in [3.8, 4) is 0 Å². The van der Waals surface area contributed by atoms with Crippen LogP contribution in [0, 0.1) is 23.4 Å². The molecule has 0 spiro atoms. The van der Waals surface area contributed by atoms with Gasteiger partial charge in [-0.3, -0.25) is 0 Å². The van der Waals surface area contributed by atoms with Crippen LogP contribution in [0.3, 0.4) is 0 Å². The zero-order chi connectivity index (χ0) is 11.7. The third-order valence-electron chi connectivity index (χ3n) is 3.09. The van der Waals surface area contributed by atoms with Crippen LogP contribution < -0.4 is 5.32 Å². The summed E-state index contributed by atoms with van der Waals surface area (Å²) in [6.07, 6.45) is 2.97. The molecule has 0 saturated heterocycles. The van der Waals surface area contributed by atoms with Crippen molar-refractivity contribution >= 4 is 5.69 Å². The van der Waals surface area contributed by atoms with Crippen LogP contribution >= 0.6 is 0 Å². The highest BCUT2D eigenvalue weighted by Crippen LogP contribution is 2.29. The molecule has 16 heavy (non-hydrogen) atoms. The van der Waals surface area contributed by atoms with E-state index in [1.54, 1.807) is 0 Å². The number of hydrogen-bond donors (Lipinski definition) is 1. The summed E-state index contributed by atoms with van der Waals surface area (Å²) >= 11 is 0. The van der Waals surface area contributed by atoms with Gasteiger partial charge in [-0.05, 0) is 37.3 Å². The minimum atomic E-state index is -1.41. The van der Waals surface area contributed by atoms with Crippen molar-refractivity contribution < 1.29 is 13.2 Å². The average Bonchev–Trinajstić information content (AvgIpc) is 2.65. The van der Waals surface area contributed by atoms with E-state index in [9.17, 15) is 13.2 Å². The van der Waals surface area contributed by atoms with Crippen molar-refractivity contribution in [2.24, 2.45) is 5.92 Å². The summed E-state index contributed by atoms with van der Waals surface area (Å²) in [6, 6.07) is 2.35. The fourth-order valence-corrected chi connectivity index (χ4v) is 2.20. The zero-order valence-corrected chi connectivity index (χ0v) is 9.06. The van der Waals surface area contributed by atoms with E-state index in [-0.39, 0.29) is 11.7 Å². The molecule has 1 aliphatic rings. The van der Waals surface area contributed by atoms with Gasteiger partial charge in [0.2, 0.25) is 0 Å². The average molecular weight is 229 g/mol. The lowest BCUT2D eigenvalue weighted by atomic mass is 10.1. The molecule has 0 aromatic heterocycles. The number of nitrogens with one attached hydrogen (secondary N) is 1. The van der Waals surface area contributed by atoms with Crippen LogP contribution in [-0.4, -0.2) is 6.04 Å². The largest absolute Gasteiger partial charge is 0.380 e. The van der Waals surface area contributed by atoms with Gasteiger partial charge >= 0.3 is 0 Å². The smallest absolute Gasteiger partial charge is 0.196 e. The van der Waals surface area contributed by atoms with Crippen molar-refractivity contribution in [2.45, 2.75) is 32.2 Å². The Labute approximate surface area is 92.7 Å². The number of benzene rings is 1. The quantitative estimate of drug-likeness (QED) is 0.762. The Morgan fingerprint density at radius 3 is 2.50 bits per heavy atom. The van der Waals surface area contributed by atoms with E-state index in [2.05, 4.69) is 12.2 Å². The van der Waals surface area contributed by atoms with Crippen LogP contribution in [0.2, 0.25) is 0 Å². The van der Waals surface area contributed by atoms with Gasteiger partial charge in [0.05, 0.1) is 5.69 Å². The van der Waals surface area contributed by atoms with Gasteiger partial charge in [-0.25, -0.2) is 13.2 Å². The van der Waals surface area contributed by atoms with Gasteiger partial charge in [0.15, 0.2) is 17.5 Å². The summed E-state index contributed by atoms with van der Waals surface area (Å²) in [7, 11) is 0. The van der Waals surface area contributed by atoms with Crippen LogP contribution in [0.1, 0.15) is 26.2 Å². The molecule has 4 heteroatoms. The molecule has 0 radical (unpaired) electrons. The third kappa shape index (κ3) is 2.15. The second-order valence-corrected chi connectivity index (χ2v) is 4.48. The maximum Gasteiger partial charge on any atom is 0.196 e. The molecule has 1 aromatic rings. The van der Waals surface area contributed by atoms with E-state index in [4.69, 9.17) is 0 Å². The van der Waals surface area contributed by atoms with Crippen LogP contribution in [0.15, 0.2) is 12.1 Å². The Morgan fingerprint density at radius 1 is 1.12 bits per heavy atom. The van der Waals surface area contributed by atoms with Gasteiger partial charge < -0.3 is 5.32 Å². The normalized spacial score (nSPS) is 24.8. The highest BCUT2D eigenvalue weighted by atomic mass is 19.2. The standard InChI is InChI=1S/C12H14F3N/c1-7-2-3-8(6-7)16-10-5-4-9(13)11(14)12(10)15/h4-5,7-8,16H,2-3,6H2,1H3. The van der Waals surface area contributed by atoms with Gasteiger partial charge in [-0.15, -0.1) is 0 Å². The number of anilines is 1. The minimum Gasteiger partial charge on any atom is -0.380 e. The van der Waals surface area contributed by atoms with Gasteiger partial charge in [0, 0.05) is 6.04 Å². The molecule has 0 amide bonds. The molecule has 1 aromatic carbocycles. The SMILES string of the molecule is CC1CCC(Nc2ccc(F)c(F)c2F)C1. The highest BCUT2D eigenvalue weighted by molar-refractivity contribution is 5.46. The van der Waals surface area contributed by atoms with Gasteiger partial charge in [0.1, 0.15) is 0 Å². The first kappa shape index (κ1) is 11.3. The summed E-state index contributed by atoms with van der Waals surface area (Å²) in [4.78, 5) is 0. The molecule has 0 heterocycles. The number of hydrogen-bond acceptors (Lipinski definition) is 1. The minimum absolute atomic E-state index is 0.0537. The van der Waals surface area contributed by atoms with Crippen LogP contribution in [0.5, 0.6) is 0 Å². The molecule has 88 valence electrons. The molecule has 2 rings (SSSR count). The summed E-state index contributed by atoms with van der Waals surface area (Å²) in [5, 5.41) is 2.93. The highest BCUT2D eigenvalue weighted by Gasteiger charge is 2.23. The Kier molecular flexibility index (Phi) is 3.08. The van der Waals surface area contributed by atoms with Crippen LogP contribution in [0.4, 0.5) is 18.9 Å². The second-order valence-electron chi connectivity index (χ2n) is 4.48. The van der Waals surface area contributed by atoms with Gasteiger partial charge in [0.25, 0.3) is 0 Å². The van der Waals surface area contributed by atoms with Crippen molar-refractivity contribution in [2.75, 3.05) is 5.32 Å². The number of rotatable bonds is 2. The molecule has 1 fully saturated rings. The number of halogens is 3. The first-order valence-electron chi connectivity index (χ1n) is 5.48. The summed E-state index contributed by atoms with van der Waals surface area (Å²) in [6.45, 7) is 2.13. The molecule has 0 bridgehead atoms. The lowest BCUT2D eigenvalue weighted by Gasteiger charge is -2.14. The van der Waals surface area contributed by atoms with E-state index in [0.29, 0.717) is 5.92 Å². The topological polar surface area (TPSA) is 12.0 Å². The predicted molar refractivity (Wildman–Crippen MR) is 56.7 cm³/mol. The molecule has 1 N–H and O–H groups in total. The molecule has 2 unspecified atom stereocenters. The van der Waals surface area contributed by atoms with Crippen molar-refractivity contribution in [1.29, 1.82) is 0 Å². The first-order valence-corrected chi connectivity index (χ1v) is 5.48. The first-order chi connectivity index (χ1) is 7.58. The van der Waals surface area contributed by atoms with E-state index in [1.165, 1.54) is 6.07 Å². The molecule has 1 nitrogen and oxygen atoms in total. The summed E-state index contributed by atoms with van der Waals surface area (Å²) in [5.41, 5.74) is 0.0537. The summed E-state index contributed by atoms with van der Waals surface area (Å²) < 4.78 is 39.0. The maximum atomic E-state index is 13.3. The predicted octanol–water partition coefficient (Wildman–Crippen LogP) is 3.70. The fourth-order valence-electron chi connectivity index (χ4n) is 2.20. The van der Waals surface area contributed by atoms with E-state index in [1.807, 2.05) is 0 Å². The fraction of sp³-hybridized carbons (Fsp3) is 0.500.